The molecule has 0 aromatic heterocycles. The van der Waals surface area contributed by atoms with Crippen LogP contribution in [0.3, 0.4) is 0 Å². The van der Waals surface area contributed by atoms with E-state index in [1.807, 2.05) is 24.3 Å². The number of benzene rings is 2. The fourth-order valence-corrected chi connectivity index (χ4v) is 5.04. The van der Waals surface area contributed by atoms with E-state index in [1.165, 1.54) is 11.1 Å². The number of hydrogen-bond donors (Lipinski definition) is 1. The predicted molar refractivity (Wildman–Crippen MR) is 128 cm³/mol. The Hall–Kier alpha value is -2.21. The van der Waals surface area contributed by atoms with Gasteiger partial charge >= 0.3 is 0 Å². The van der Waals surface area contributed by atoms with Gasteiger partial charge in [-0.1, -0.05) is 60.7 Å². The van der Waals surface area contributed by atoms with Crippen molar-refractivity contribution in [1.82, 2.24) is 15.1 Å². The Morgan fingerprint density at radius 3 is 2.34 bits per heavy atom. The summed E-state index contributed by atoms with van der Waals surface area (Å²) in [6.45, 7) is 6.54. The number of carbonyl (C=O) groups is 1. The summed E-state index contributed by atoms with van der Waals surface area (Å²) in [5, 5.41) is 3.52. The molecule has 2 aromatic rings. The van der Waals surface area contributed by atoms with E-state index in [0.29, 0.717) is 25.0 Å². The lowest BCUT2D eigenvalue weighted by molar-refractivity contribution is -0.145. The van der Waals surface area contributed by atoms with E-state index in [9.17, 15) is 4.79 Å². The zero-order valence-corrected chi connectivity index (χ0v) is 19.3. The number of nitrogens with zero attached hydrogens (tertiary/aromatic N) is 2. The standard InChI is InChI=1S/C27H37N3O2/c1-29-15-12-27(13-16-29,18-23-8-4-2-5-9-23)26(31)30-17-14-28-19-25(20-30)22-32-21-24-10-6-3-7-11-24/h2-11,25,28H,12-22H2,1H3/t25-/m1/s1. The van der Waals surface area contributed by atoms with Gasteiger partial charge in [-0.2, -0.15) is 0 Å². The molecule has 0 radical (unpaired) electrons. The average Bonchev–Trinajstić information content (AvgIpc) is 3.07. The molecule has 2 saturated heterocycles. The summed E-state index contributed by atoms with van der Waals surface area (Å²) < 4.78 is 6.04. The van der Waals surface area contributed by atoms with E-state index >= 15 is 0 Å². The Morgan fingerprint density at radius 2 is 1.66 bits per heavy atom. The van der Waals surface area contributed by atoms with Gasteiger partial charge in [0, 0.05) is 32.1 Å². The van der Waals surface area contributed by atoms with Gasteiger partial charge in [0.2, 0.25) is 5.91 Å². The lowest BCUT2D eigenvalue weighted by Gasteiger charge is -2.42. The van der Waals surface area contributed by atoms with Crippen molar-refractivity contribution in [2.24, 2.45) is 11.3 Å². The van der Waals surface area contributed by atoms with Crippen molar-refractivity contribution in [3.8, 4) is 0 Å². The van der Waals surface area contributed by atoms with Crippen molar-refractivity contribution in [3.63, 3.8) is 0 Å². The van der Waals surface area contributed by atoms with Crippen LogP contribution in [0.25, 0.3) is 0 Å². The zero-order valence-electron chi connectivity index (χ0n) is 19.3. The second-order valence-electron chi connectivity index (χ2n) is 9.57. The van der Waals surface area contributed by atoms with Crippen LogP contribution in [0.5, 0.6) is 0 Å². The minimum absolute atomic E-state index is 0.298. The number of amides is 1. The van der Waals surface area contributed by atoms with Gasteiger partial charge in [0.1, 0.15) is 0 Å². The van der Waals surface area contributed by atoms with E-state index in [0.717, 1.165) is 58.5 Å². The third kappa shape index (κ3) is 5.97. The van der Waals surface area contributed by atoms with Crippen molar-refractivity contribution >= 4 is 5.91 Å². The SMILES string of the molecule is CN1CCC(Cc2ccccc2)(C(=O)N2CCNC[C@@H](COCc3ccccc3)C2)CC1. The number of piperidine rings is 1. The Kier molecular flexibility index (Phi) is 7.95. The van der Waals surface area contributed by atoms with E-state index in [4.69, 9.17) is 4.74 Å². The van der Waals surface area contributed by atoms with Crippen molar-refractivity contribution in [2.45, 2.75) is 25.9 Å². The highest BCUT2D eigenvalue weighted by Gasteiger charge is 2.43. The third-order valence-electron chi connectivity index (χ3n) is 7.01. The van der Waals surface area contributed by atoms with Gasteiger partial charge in [-0.25, -0.2) is 0 Å². The summed E-state index contributed by atoms with van der Waals surface area (Å²) in [7, 11) is 2.16. The van der Waals surface area contributed by atoms with E-state index in [-0.39, 0.29) is 5.41 Å². The maximum atomic E-state index is 14.0. The summed E-state index contributed by atoms with van der Waals surface area (Å²) in [6.07, 6.45) is 2.69. The lowest BCUT2D eigenvalue weighted by Crippen LogP contribution is -2.52. The molecule has 5 heteroatoms. The molecule has 32 heavy (non-hydrogen) atoms. The van der Waals surface area contributed by atoms with Crippen LogP contribution in [0, 0.1) is 11.3 Å². The molecule has 0 unspecified atom stereocenters. The largest absolute Gasteiger partial charge is 0.376 e. The number of ether oxygens (including phenoxy) is 1. The first-order chi connectivity index (χ1) is 15.6. The topological polar surface area (TPSA) is 44.8 Å². The second-order valence-corrected chi connectivity index (χ2v) is 9.57. The maximum Gasteiger partial charge on any atom is 0.229 e. The van der Waals surface area contributed by atoms with Crippen LogP contribution >= 0.6 is 0 Å². The fourth-order valence-electron chi connectivity index (χ4n) is 5.04. The molecule has 4 rings (SSSR count). The lowest BCUT2D eigenvalue weighted by atomic mass is 9.72. The third-order valence-corrected chi connectivity index (χ3v) is 7.01. The summed E-state index contributed by atoms with van der Waals surface area (Å²) >= 11 is 0. The molecule has 1 N–H and O–H groups in total. The minimum atomic E-state index is -0.298. The highest BCUT2D eigenvalue weighted by Crippen LogP contribution is 2.37. The normalized spacial score (nSPS) is 21.8. The van der Waals surface area contributed by atoms with Gasteiger partial charge in [0.05, 0.1) is 18.6 Å². The Morgan fingerprint density at radius 1 is 1.00 bits per heavy atom. The van der Waals surface area contributed by atoms with Gasteiger partial charge in [-0.3, -0.25) is 4.79 Å². The molecule has 0 spiro atoms. The van der Waals surface area contributed by atoms with Crippen LogP contribution in [0.2, 0.25) is 0 Å². The number of nitrogens with one attached hydrogen (secondary N) is 1. The minimum Gasteiger partial charge on any atom is -0.376 e. The van der Waals surface area contributed by atoms with Gasteiger partial charge in [0.25, 0.3) is 0 Å². The molecule has 0 bridgehead atoms. The van der Waals surface area contributed by atoms with Crippen LogP contribution in [0.15, 0.2) is 60.7 Å². The Labute approximate surface area is 192 Å². The van der Waals surface area contributed by atoms with Crippen LogP contribution in [-0.2, 0) is 22.6 Å². The van der Waals surface area contributed by atoms with Gasteiger partial charge < -0.3 is 19.9 Å². The molecule has 2 fully saturated rings. The number of hydrogen-bond acceptors (Lipinski definition) is 4. The Bertz CT molecular complexity index is 834. The van der Waals surface area contributed by atoms with Gasteiger partial charge in [-0.05, 0) is 50.5 Å². The zero-order chi connectivity index (χ0) is 22.2. The quantitative estimate of drug-likeness (QED) is 0.726. The van der Waals surface area contributed by atoms with Crippen LogP contribution in [-0.4, -0.2) is 68.6 Å². The van der Waals surface area contributed by atoms with Gasteiger partial charge in [-0.15, -0.1) is 0 Å². The molecule has 5 nitrogen and oxygen atoms in total. The number of likely N-dealkylation sites (tertiary alicyclic amines) is 1. The van der Waals surface area contributed by atoms with Crippen molar-refractivity contribution in [3.05, 3.63) is 71.8 Å². The molecule has 0 saturated carbocycles. The molecule has 1 atom stereocenters. The summed E-state index contributed by atoms with van der Waals surface area (Å²) in [6, 6.07) is 20.8. The number of rotatable bonds is 7. The van der Waals surface area contributed by atoms with E-state index in [1.54, 1.807) is 0 Å². The first-order valence-electron chi connectivity index (χ1n) is 12.0. The van der Waals surface area contributed by atoms with Crippen LogP contribution in [0.4, 0.5) is 0 Å². The van der Waals surface area contributed by atoms with Crippen LogP contribution < -0.4 is 5.32 Å². The molecule has 0 aliphatic carbocycles. The average molecular weight is 436 g/mol. The molecular weight excluding hydrogens is 398 g/mol. The molecule has 2 aromatic carbocycles. The predicted octanol–water partition coefficient (Wildman–Crippen LogP) is 3.21. The highest BCUT2D eigenvalue weighted by atomic mass is 16.5. The fraction of sp³-hybridized carbons (Fsp3) is 0.519. The first-order valence-corrected chi connectivity index (χ1v) is 12.0. The maximum absolute atomic E-state index is 14.0. The summed E-state index contributed by atoms with van der Waals surface area (Å²) in [5.41, 5.74) is 2.16. The van der Waals surface area contributed by atoms with Crippen molar-refractivity contribution < 1.29 is 9.53 Å². The molecule has 2 aliphatic heterocycles. The van der Waals surface area contributed by atoms with Crippen LogP contribution in [0.1, 0.15) is 24.0 Å². The molecule has 2 aliphatic rings. The summed E-state index contributed by atoms with van der Waals surface area (Å²) in [4.78, 5) is 18.5. The second kappa shape index (κ2) is 11.1. The van der Waals surface area contributed by atoms with Crippen molar-refractivity contribution in [1.29, 1.82) is 0 Å². The molecule has 172 valence electrons. The van der Waals surface area contributed by atoms with E-state index < -0.39 is 0 Å². The van der Waals surface area contributed by atoms with Crippen molar-refractivity contribution in [2.75, 3.05) is 52.9 Å². The smallest absolute Gasteiger partial charge is 0.229 e. The monoisotopic (exact) mass is 435 g/mol. The number of carbonyl (C=O) groups excluding carboxylic acids is 1. The van der Waals surface area contributed by atoms with E-state index in [2.05, 4.69) is 58.6 Å². The first kappa shape index (κ1) is 23.0. The Balaban J connectivity index is 1.42. The highest BCUT2D eigenvalue weighted by molar-refractivity contribution is 5.83. The summed E-state index contributed by atoms with van der Waals surface area (Å²) in [5.74, 6) is 0.649. The molecule has 2 heterocycles. The van der Waals surface area contributed by atoms with Gasteiger partial charge in [0.15, 0.2) is 0 Å². The molecular formula is C27H37N3O2. The molecule has 1 amide bonds.